The first-order chi connectivity index (χ1) is 74.4. The molecule has 150 heavy (non-hydrogen) atoms. The average Bonchev–Trinajstić information content (AvgIpc) is 1.25. The Bertz CT molecular complexity index is 8640. The van der Waals surface area contributed by atoms with Gasteiger partial charge in [-0.1, -0.05) is 146 Å². The van der Waals surface area contributed by atoms with E-state index >= 15 is 0 Å². The highest BCUT2D eigenvalue weighted by atomic mass is 15.2. The highest BCUT2D eigenvalue weighted by Crippen LogP contribution is 2.51. The first-order valence-corrected chi connectivity index (χ1v) is 49.4. The summed E-state index contributed by atoms with van der Waals surface area (Å²) in [4.78, 5) is 85.6. The molecule has 0 unspecified atom stereocenters. The summed E-state index contributed by atoms with van der Waals surface area (Å²) in [6, 6.07) is 147. The fourth-order valence-corrected chi connectivity index (χ4v) is 21.2. The Labute approximate surface area is 855 Å². The maximum atomic E-state index is 5.75. The number of benzene rings is 13. The van der Waals surface area contributed by atoms with Crippen LogP contribution in [0.15, 0.2) is 474 Å². The third-order valence-corrected chi connectivity index (χ3v) is 27.7. The molecule has 24 nitrogen and oxygen atoms in total. The lowest BCUT2D eigenvalue weighted by Crippen LogP contribution is -2.31. The van der Waals surface area contributed by atoms with Gasteiger partial charge in [0.05, 0.1) is 5.56 Å². The van der Waals surface area contributed by atoms with Crippen LogP contribution < -0.4 is 4.57 Å². The molecule has 16 aromatic heterocycles. The number of aromatic amines is 1. The second kappa shape index (κ2) is 35.4. The zero-order valence-corrected chi connectivity index (χ0v) is 79.8. The zero-order chi connectivity index (χ0) is 98.8. The summed E-state index contributed by atoms with van der Waals surface area (Å²) in [5.74, 6) is 5.08. The molecule has 0 aliphatic carbocycles. The Kier molecular flexibility index (Phi) is 20.2. The summed E-state index contributed by atoms with van der Waals surface area (Å²) < 4.78 is 17.4. The predicted octanol–water partition coefficient (Wildman–Crippen LogP) is 27.0. The molecule has 0 fully saturated rings. The Morgan fingerprint density at radius 1 is 0.167 bits per heavy atom. The lowest BCUT2D eigenvalue weighted by Gasteiger charge is -2.22. The molecule has 16 heterocycles. The van der Waals surface area contributed by atoms with Crippen molar-refractivity contribution in [3.8, 4) is 181 Å². The number of aromatic nitrogens is 24. The van der Waals surface area contributed by atoms with E-state index < -0.39 is 0 Å². The molecular weight excluding hydrogens is 1850 g/mol. The van der Waals surface area contributed by atoms with Crippen molar-refractivity contribution in [1.82, 2.24) is 112 Å². The van der Waals surface area contributed by atoms with Gasteiger partial charge in [-0.15, -0.1) is 0 Å². The highest BCUT2D eigenvalue weighted by molar-refractivity contribution is 6.02. The first-order valence-electron chi connectivity index (χ1n) is 49.4. The predicted molar refractivity (Wildman–Crippen MR) is 590 cm³/mol. The van der Waals surface area contributed by atoms with Crippen molar-refractivity contribution in [2.24, 2.45) is 0 Å². The topological polar surface area (TPSA) is 248 Å². The van der Waals surface area contributed by atoms with Crippen molar-refractivity contribution in [2.75, 3.05) is 0 Å². The normalized spacial score (nSPS) is 11.7. The second-order valence-electron chi connectivity index (χ2n) is 36.8. The van der Waals surface area contributed by atoms with E-state index in [0.717, 1.165) is 146 Å². The number of nitrogens with zero attached hydrogens (tertiary/aromatic N) is 23. The molecule has 13 aromatic carbocycles. The van der Waals surface area contributed by atoms with Crippen molar-refractivity contribution in [3.05, 3.63) is 474 Å². The van der Waals surface area contributed by atoms with Crippen molar-refractivity contribution in [3.63, 3.8) is 0 Å². The van der Waals surface area contributed by atoms with Crippen LogP contribution in [-0.2, 0) is 0 Å². The number of nitrogens with one attached hydrogen (secondary N) is 1. The van der Waals surface area contributed by atoms with Crippen LogP contribution in [-0.4, -0.2) is 112 Å². The second-order valence-corrected chi connectivity index (χ2v) is 36.8. The SMILES string of the molecule is c1ccc(-n2c(-c3cc(-c4cc(-c5cc(-c6nc7cccnc7n6-c6ccccc6)cc(-c6nc7cccnc7n6-c6ccccc6)c5)c(-c5cc(-c6nc7cccnc7n6-c6ccccc6)cc(-c6[nH]c7ncccc7[n+]6-c6ccccc6)c5)cc4-c4cc(-c5nc6cccnc6n5-c5ccccc5)cc(-c5nc6cccnc6n5-c5ccccc5)c4)cc(-c4nc5cccnc5n4-c4ccccc4)c3)nc3cccnc32)cc1. The molecule has 0 amide bonds. The number of H-pyrrole nitrogens is 1. The van der Waals surface area contributed by atoms with E-state index in [2.05, 4.69) is 327 Å². The molecular formula is C126H79N24+. The number of imidazole rings is 8. The monoisotopic (exact) mass is 1930 g/mol. The summed E-state index contributed by atoms with van der Waals surface area (Å²) in [5.41, 5.74) is 30.0. The number of hydrogen-bond acceptors (Lipinski definition) is 15. The summed E-state index contributed by atoms with van der Waals surface area (Å²) in [6.45, 7) is 0. The largest absolute Gasteiger partial charge is 0.294 e. The van der Waals surface area contributed by atoms with Gasteiger partial charge in [-0.25, -0.2) is 79.7 Å². The molecule has 702 valence electrons. The summed E-state index contributed by atoms with van der Waals surface area (Å²) in [5, 5.41) is 0. The fourth-order valence-electron chi connectivity index (χ4n) is 21.2. The van der Waals surface area contributed by atoms with Gasteiger partial charge in [-0.2, -0.15) is 4.57 Å². The minimum atomic E-state index is 0.618. The minimum Gasteiger partial charge on any atom is -0.277 e. The number of hydrogen-bond donors (Lipinski definition) is 1. The number of pyridine rings is 8. The van der Waals surface area contributed by atoms with Gasteiger partial charge in [-0.05, 0) is 324 Å². The molecule has 0 aliphatic heterocycles. The standard InChI is InChI=1S/C126H78N24/c1-9-33-91(34-10-1)143-110-56-32-57-127-111(110)142-119(143)90-72-82(71-89(76-90)118-141-109-55-31-64-134-126(109)150(118)98-47-23-8-24-48-98)102-78-100(80-67-85(114-137-105-51-27-60-130-122(105)146(114)94-39-15-4-16-40-94)74-86(68-80)115-138-106-52-28-61-131-123(106)147(115)95-41-17-5-18-42-95)99(79-65-83(112-135-103-49-25-58-128-120(103)144(112)92-35-11-2-12-36-92)73-84(66-79)113-136-104-50-26-59-129-121(104)145(113)93-37-13-3-14-38-93)77-101(102)81-69-87(116-139-107-53-29-62-132-124(107)148(116)96-43-19-6-20-44-96)75-88(70-81)117-140-108-54-30-63-133-125(108)149(117)97-45-21-7-22-46-97/h1-78H/p+1. The summed E-state index contributed by atoms with van der Waals surface area (Å²) in [7, 11) is 0. The Morgan fingerprint density at radius 3 is 0.580 bits per heavy atom. The van der Waals surface area contributed by atoms with E-state index in [-0.39, 0.29) is 0 Å². The molecule has 0 spiro atoms. The van der Waals surface area contributed by atoms with Crippen LogP contribution in [0.5, 0.6) is 0 Å². The van der Waals surface area contributed by atoms with E-state index in [0.29, 0.717) is 125 Å². The van der Waals surface area contributed by atoms with Crippen LogP contribution in [0, 0.1) is 0 Å². The van der Waals surface area contributed by atoms with E-state index in [1.165, 1.54) is 0 Å². The van der Waals surface area contributed by atoms with Gasteiger partial charge in [0, 0.05) is 128 Å². The van der Waals surface area contributed by atoms with Crippen LogP contribution in [0.3, 0.4) is 0 Å². The van der Waals surface area contributed by atoms with Gasteiger partial charge < -0.3 is 0 Å². The smallest absolute Gasteiger partial charge is 0.277 e. The van der Waals surface area contributed by atoms with Gasteiger partial charge in [0.2, 0.25) is 0 Å². The molecule has 24 heteroatoms. The molecule has 0 radical (unpaired) electrons. The van der Waals surface area contributed by atoms with Crippen LogP contribution in [0.2, 0.25) is 0 Å². The van der Waals surface area contributed by atoms with E-state index in [1.807, 2.05) is 189 Å². The molecule has 0 aliphatic rings. The zero-order valence-electron chi connectivity index (χ0n) is 79.8. The van der Waals surface area contributed by atoms with E-state index in [4.69, 9.17) is 74.8 Å². The molecule has 0 atom stereocenters. The quantitative estimate of drug-likeness (QED) is 0.0697. The minimum absolute atomic E-state index is 0.618. The van der Waals surface area contributed by atoms with Crippen molar-refractivity contribution in [1.29, 1.82) is 0 Å². The maximum absolute atomic E-state index is 5.75. The van der Waals surface area contributed by atoms with Crippen molar-refractivity contribution in [2.45, 2.75) is 0 Å². The van der Waals surface area contributed by atoms with Crippen molar-refractivity contribution < 1.29 is 4.57 Å². The lowest BCUT2D eigenvalue weighted by molar-refractivity contribution is -0.554. The van der Waals surface area contributed by atoms with Gasteiger partial charge in [0.25, 0.3) is 11.5 Å². The van der Waals surface area contributed by atoms with Crippen LogP contribution in [0.4, 0.5) is 0 Å². The van der Waals surface area contributed by atoms with Gasteiger partial charge in [-0.3, -0.25) is 32.0 Å². The van der Waals surface area contributed by atoms with Crippen LogP contribution in [0.1, 0.15) is 0 Å². The third-order valence-electron chi connectivity index (χ3n) is 27.7. The maximum Gasteiger partial charge on any atom is 0.294 e. The first kappa shape index (κ1) is 85.6. The van der Waals surface area contributed by atoms with Crippen molar-refractivity contribution >= 4 is 89.3 Å². The number of para-hydroxylation sites is 8. The summed E-state index contributed by atoms with van der Waals surface area (Å²) in [6.07, 6.45) is 14.6. The highest BCUT2D eigenvalue weighted by Gasteiger charge is 2.33. The van der Waals surface area contributed by atoms with Crippen LogP contribution >= 0.6 is 0 Å². The Morgan fingerprint density at radius 2 is 0.353 bits per heavy atom. The Hall–Kier alpha value is -21.2. The molecule has 0 bridgehead atoms. The van der Waals surface area contributed by atoms with Crippen LogP contribution in [0.25, 0.3) is 270 Å². The number of fused-ring (bicyclic) bond motifs is 8. The molecule has 29 rings (SSSR count). The third kappa shape index (κ3) is 14.6. The molecule has 0 saturated heterocycles. The van der Waals surface area contributed by atoms with Gasteiger partial charge in [0.15, 0.2) is 45.0 Å². The Balaban J connectivity index is 0.828. The fraction of sp³-hybridized carbons (Fsp3) is 0. The van der Waals surface area contributed by atoms with Gasteiger partial charge >= 0.3 is 0 Å². The van der Waals surface area contributed by atoms with E-state index in [1.54, 1.807) is 0 Å². The molecule has 0 saturated carbocycles. The van der Waals surface area contributed by atoms with Gasteiger partial charge in [0.1, 0.15) is 85.1 Å². The average molecular weight is 1930 g/mol. The van der Waals surface area contributed by atoms with E-state index in [9.17, 15) is 0 Å². The molecule has 1 N–H and O–H groups in total. The number of rotatable bonds is 20. The molecule has 29 aromatic rings. The lowest BCUT2D eigenvalue weighted by atomic mass is 9.83. The summed E-state index contributed by atoms with van der Waals surface area (Å²) >= 11 is 0.